The number of hydrogen-bond acceptors (Lipinski definition) is 3. The Bertz CT molecular complexity index is 398. The highest BCUT2D eigenvalue weighted by atomic mass is 35.5. The van der Waals surface area contributed by atoms with Gasteiger partial charge in [-0.25, -0.2) is 0 Å². The highest BCUT2D eigenvalue weighted by Gasteiger charge is 2.09. The van der Waals surface area contributed by atoms with Crippen LogP contribution in [0.15, 0.2) is 30.3 Å². The van der Waals surface area contributed by atoms with Gasteiger partial charge in [-0.15, -0.1) is 12.4 Å². The van der Waals surface area contributed by atoms with E-state index in [2.05, 4.69) is 5.32 Å². The number of halogens is 1. The van der Waals surface area contributed by atoms with Gasteiger partial charge in [-0.3, -0.25) is 9.59 Å². The maximum Gasteiger partial charge on any atom is 0.241 e. The second-order valence-electron chi connectivity index (χ2n) is 4.03. The number of carbonyl (C=O) groups excluding carboxylic acids is 2. The van der Waals surface area contributed by atoms with Crippen LogP contribution in [0.25, 0.3) is 0 Å². The third-order valence-electron chi connectivity index (χ3n) is 2.63. The predicted molar refractivity (Wildman–Crippen MR) is 77.1 cm³/mol. The Morgan fingerprint density at radius 1 is 1.26 bits per heavy atom. The number of nitrogens with one attached hydrogen (secondary N) is 1. The molecule has 0 unspecified atom stereocenters. The number of likely N-dealkylation sites (N-methyl/N-ethyl adjacent to an activating group) is 1. The first-order valence-corrected chi connectivity index (χ1v) is 5.88. The molecule has 0 aliphatic heterocycles. The minimum Gasteiger partial charge on any atom is -0.346 e. The van der Waals surface area contributed by atoms with Crippen molar-refractivity contribution in [2.75, 3.05) is 26.7 Å². The van der Waals surface area contributed by atoms with E-state index in [0.717, 1.165) is 6.42 Å². The highest BCUT2D eigenvalue weighted by molar-refractivity contribution is 5.85. The molecular weight excluding hydrogens is 266 g/mol. The van der Waals surface area contributed by atoms with Crippen molar-refractivity contribution in [1.82, 2.24) is 10.2 Å². The summed E-state index contributed by atoms with van der Waals surface area (Å²) in [6, 6.07) is 9.95. The van der Waals surface area contributed by atoms with E-state index in [-0.39, 0.29) is 37.3 Å². The topological polar surface area (TPSA) is 75.4 Å². The Kier molecular flexibility index (Phi) is 8.57. The number of amides is 2. The molecule has 0 aromatic heterocycles. The molecule has 0 saturated carbocycles. The average Bonchev–Trinajstić information content (AvgIpc) is 2.42. The highest BCUT2D eigenvalue weighted by Crippen LogP contribution is 2.00. The van der Waals surface area contributed by atoms with Crippen LogP contribution >= 0.6 is 12.4 Å². The van der Waals surface area contributed by atoms with Crippen LogP contribution in [-0.2, 0) is 16.0 Å². The van der Waals surface area contributed by atoms with Crippen molar-refractivity contribution in [2.24, 2.45) is 5.73 Å². The van der Waals surface area contributed by atoms with Gasteiger partial charge in [-0.1, -0.05) is 30.3 Å². The standard InChI is InChI=1S/C13H19N3O2.ClH/c1-16(13(18)10-15-12(17)9-14)8-7-11-5-3-2-4-6-11;/h2-6H,7-10,14H2,1H3,(H,15,17);1H. The molecule has 0 atom stereocenters. The van der Waals surface area contributed by atoms with Crippen LogP contribution in [0, 0.1) is 0 Å². The Morgan fingerprint density at radius 2 is 1.89 bits per heavy atom. The van der Waals surface area contributed by atoms with Crippen LogP contribution in [0.4, 0.5) is 0 Å². The van der Waals surface area contributed by atoms with Crippen molar-refractivity contribution in [2.45, 2.75) is 6.42 Å². The van der Waals surface area contributed by atoms with Crippen LogP contribution in [0.1, 0.15) is 5.56 Å². The first-order chi connectivity index (χ1) is 8.63. The summed E-state index contributed by atoms with van der Waals surface area (Å²) in [5, 5.41) is 2.46. The molecule has 0 saturated heterocycles. The summed E-state index contributed by atoms with van der Waals surface area (Å²) in [5.74, 6) is -0.437. The zero-order valence-corrected chi connectivity index (χ0v) is 11.8. The summed E-state index contributed by atoms with van der Waals surface area (Å²) < 4.78 is 0. The monoisotopic (exact) mass is 285 g/mol. The van der Waals surface area contributed by atoms with Crippen LogP contribution in [0.5, 0.6) is 0 Å². The van der Waals surface area contributed by atoms with Crippen LogP contribution in [-0.4, -0.2) is 43.4 Å². The van der Waals surface area contributed by atoms with Crippen LogP contribution in [0.3, 0.4) is 0 Å². The van der Waals surface area contributed by atoms with Gasteiger partial charge in [0.2, 0.25) is 11.8 Å². The fourth-order valence-electron chi connectivity index (χ4n) is 1.45. The SMILES string of the molecule is CN(CCc1ccccc1)C(=O)CNC(=O)CN.Cl. The lowest BCUT2D eigenvalue weighted by Crippen LogP contribution is -2.40. The first kappa shape index (κ1) is 17.4. The molecule has 0 heterocycles. The van der Waals surface area contributed by atoms with E-state index in [1.807, 2.05) is 30.3 Å². The first-order valence-electron chi connectivity index (χ1n) is 5.88. The average molecular weight is 286 g/mol. The zero-order chi connectivity index (χ0) is 13.4. The van der Waals surface area contributed by atoms with E-state index in [1.54, 1.807) is 11.9 Å². The van der Waals surface area contributed by atoms with Crippen molar-refractivity contribution in [3.63, 3.8) is 0 Å². The Labute approximate surface area is 119 Å². The van der Waals surface area contributed by atoms with Gasteiger partial charge >= 0.3 is 0 Å². The number of carbonyl (C=O) groups is 2. The van der Waals surface area contributed by atoms with E-state index in [0.29, 0.717) is 6.54 Å². The van der Waals surface area contributed by atoms with Gasteiger partial charge in [0.25, 0.3) is 0 Å². The zero-order valence-electron chi connectivity index (χ0n) is 11.0. The maximum absolute atomic E-state index is 11.7. The van der Waals surface area contributed by atoms with E-state index in [1.165, 1.54) is 5.56 Å². The lowest BCUT2D eigenvalue weighted by atomic mass is 10.1. The van der Waals surface area contributed by atoms with Crippen LogP contribution in [0.2, 0.25) is 0 Å². The smallest absolute Gasteiger partial charge is 0.241 e. The predicted octanol–water partition coefficient (Wildman–Crippen LogP) is 0.184. The van der Waals surface area contributed by atoms with Crippen molar-refractivity contribution < 1.29 is 9.59 Å². The van der Waals surface area contributed by atoms with Gasteiger partial charge in [-0.2, -0.15) is 0 Å². The van der Waals surface area contributed by atoms with E-state index in [4.69, 9.17) is 5.73 Å². The van der Waals surface area contributed by atoms with Gasteiger partial charge in [0.05, 0.1) is 13.1 Å². The van der Waals surface area contributed by atoms with E-state index in [9.17, 15) is 9.59 Å². The second-order valence-corrected chi connectivity index (χ2v) is 4.03. The largest absolute Gasteiger partial charge is 0.346 e. The van der Waals surface area contributed by atoms with Crippen molar-refractivity contribution in [1.29, 1.82) is 0 Å². The summed E-state index contributed by atoms with van der Waals surface area (Å²) >= 11 is 0. The summed E-state index contributed by atoms with van der Waals surface area (Å²) in [6.07, 6.45) is 0.800. The lowest BCUT2D eigenvalue weighted by Gasteiger charge is -2.17. The summed E-state index contributed by atoms with van der Waals surface area (Å²) in [7, 11) is 1.72. The minimum atomic E-state index is -0.320. The number of nitrogens with zero attached hydrogens (tertiary/aromatic N) is 1. The summed E-state index contributed by atoms with van der Waals surface area (Å²) in [5.41, 5.74) is 6.32. The normalized spacial score (nSPS) is 9.37. The molecule has 1 aromatic carbocycles. The minimum absolute atomic E-state index is 0. The van der Waals surface area contributed by atoms with Crippen LogP contribution < -0.4 is 11.1 Å². The van der Waals surface area contributed by atoms with E-state index >= 15 is 0 Å². The molecule has 0 aliphatic carbocycles. The molecule has 0 fully saturated rings. The Morgan fingerprint density at radius 3 is 2.47 bits per heavy atom. The molecule has 0 radical (unpaired) electrons. The molecule has 106 valence electrons. The maximum atomic E-state index is 11.7. The van der Waals surface area contributed by atoms with E-state index < -0.39 is 0 Å². The van der Waals surface area contributed by atoms with Crippen molar-refractivity contribution in [3.05, 3.63) is 35.9 Å². The molecule has 3 N–H and O–H groups in total. The molecule has 1 rings (SSSR count). The summed E-state index contributed by atoms with van der Waals surface area (Å²) in [6.45, 7) is 0.531. The van der Waals surface area contributed by atoms with Gasteiger partial charge in [0, 0.05) is 13.6 Å². The quantitative estimate of drug-likeness (QED) is 0.783. The molecule has 5 nitrogen and oxygen atoms in total. The van der Waals surface area contributed by atoms with Gasteiger partial charge in [0.1, 0.15) is 0 Å². The lowest BCUT2D eigenvalue weighted by molar-refractivity contribution is -0.131. The Balaban J connectivity index is 0.00000324. The van der Waals surface area contributed by atoms with Gasteiger partial charge in [-0.05, 0) is 12.0 Å². The molecular formula is C13H20ClN3O2. The number of benzene rings is 1. The molecule has 0 spiro atoms. The second kappa shape index (κ2) is 9.35. The van der Waals surface area contributed by atoms with Crippen molar-refractivity contribution >= 4 is 24.2 Å². The number of rotatable bonds is 6. The molecule has 1 aromatic rings. The third kappa shape index (κ3) is 6.79. The fraction of sp³-hybridized carbons (Fsp3) is 0.385. The Hall–Kier alpha value is -1.59. The molecule has 0 aliphatic rings. The van der Waals surface area contributed by atoms with Gasteiger partial charge < -0.3 is 16.0 Å². The van der Waals surface area contributed by atoms with Crippen molar-refractivity contribution in [3.8, 4) is 0 Å². The summed E-state index contributed by atoms with van der Waals surface area (Å²) in [4.78, 5) is 24.2. The number of hydrogen-bond donors (Lipinski definition) is 2. The van der Waals surface area contributed by atoms with Gasteiger partial charge in [0.15, 0.2) is 0 Å². The number of nitrogens with two attached hydrogens (primary N) is 1. The molecule has 2 amide bonds. The molecule has 6 heteroatoms. The molecule has 19 heavy (non-hydrogen) atoms. The third-order valence-corrected chi connectivity index (χ3v) is 2.63. The molecule has 0 bridgehead atoms. The fourth-order valence-corrected chi connectivity index (χ4v) is 1.45.